The van der Waals surface area contributed by atoms with Gasteiger partial charge in [0.2, 0.25) is 0 Å². The van der Waals surface area contributed by atoms with Gasteiger partial charge in [-0.3, -0.25) is 0 Å². The molecule has 0 amide bonds. The van der Waals surface area contributed by atoms with E-state index >= 15 is 0 Å². The fraction of sp³-hybridized carbons (Fsp3) is 0.538. The minimum absolute atomic E-state index is 0.0535. The van der Waals surface area contributed by atoms with Crippen LogP contribution in [0.2, 0.25) is 5.02 Å². The van der Waals surface area contributed by atoms with Crippen LogP contribution in [-0.4, -0.2) is 13.1 Å². The third-order valence-corrected chi connectivity index (χ3v) is 3.68. The van der Waals surface area contributed by atoms with E-state index < -0.39 is 0 Å². The van der Waals surface area contributed by atoms with Crippen molar-refractivity contribution in [2.45, 2.75) is 31.2 Å². The first-order chi connectivity index (χ1) is 7.77. The van der Waals surface area contributed by atoms with Gasteiger partial charge in [0.1, 0.15) is 0 Å². The molecule has 0 saturated carbocycles. The lowest BCUT2D eigenvalue weighted by Gasteiger charge is -2.39. The zero-order chi connectivity index (χ0) is 11.4. The lowest BCUT2D eigenvalue weighted by atomic mass is 9.80. The van der Waals surface area contributed by atoms with Crippen LogP contribution in [0.4, 0.5) is 0 Å². The number of nitrogens with two attached hydrogens (primary N) is 1. The van der Waals surface area contributed by atoms with Crippen molar-refractivity contribution in [2.75, 3.05) is 13.1 Å². The Morgan fingerprint density at radius 2 is 2.25 bits per heavy atom. The molecule has 16 heavy (non-hydrogen) atoms. The molecule has 1 atom stereocenters. The molecule has 2 rings (SSSR count). The third-order valence-electron chi connectivity index (χ3n) is 3.44. The Kier molecular flexibility index (Phi) is 3.85. The quantitative estimate of drug-likeness (QED) is 0.850. The molecule has 0 spiro atoms. The second-order valence-corrected chi connectivity index (χ2v) is 4.95. The zero-order valence-corrected chi connectivity index (χ0v) is 10.3. The number of piperidine rings is 1. The second-order valence-electron chi connectivity index (χ2n) is 4.52. The Labute approximate surface area is 102 Å². The fourth-order valence-corrected chi connectivity index (χ4v) is 2.79. The minimum atomic E-state index is 0.0535. The standard InChI is InChI=1S/C13H19ClN2/c14-12-5-3-4-11(10-12)13(7-8-15)6-1-2-9-16-13/h3-5,10,16H,1-2,6-9,15H2. The number of hydrogen-bond donors (Lipinski definition) is 2. The lowest BCUT2D eigenvalue weighted by molar-refractivity contribution is 0.243. The van der Waals surface area contributed by atoms with E-state index in [0.717, 1.165) is 24.4 Å². The van der Waals surface area contributed by atoms with Crippen LogP contribution >= 0.6 is 11.6 Å². The molecule has 0 aliphatic carbocycles. The summed E-state index contributed by atoms with van der Waals surface area (Å²) in [5.41, 5.74) is 7.08. The Morgan fingerprint density at radius 1 is 1.38 bits per heavy atom. The molecule has 1 aliphatic heterocycles. The Hall–Kier alpha value is -0.570. The number of nitrogens with one attached hydrogen (secondary N) is 1. The fourth-order valence-electron chi connectivity index (χ4n) is 2.60. The predicted molar refractivity (Wildman–Crippen MR) is 68.7 cm³/mol. The van der Waals surface area contributed by atoms with E-state index in [9.17, 15) is 0 Å². The van der Waals surface area contributed by atoms with E-state index in [4.69, 9.17) is 17.3 Å². The van der Waals surface area contributed by atoms with Crippen molar-refractivity contribution in [3.63, 3.8) is 0 Å². The largest absolute Gasteiger partial charge is 0.330 e. The minimum Gasteiger partial charge on any atom is -0.330 e. The highest BCUT2D eigenvalue weighted by Crippen LogP contribution is 2.34. The smallest absolute Gasteiger partial charge is 0.0447 e. The van der Waals surface area contributed by atoms with Gasteiger partial charge in [-0.25, -0.2) is 0 Å². The molecule has 2 nitrogen and oxygen atoms in total. The average Bonchev–Trinajstić information content (AvgIpc) is 2.31. The van der Waals surface area contributed by atoms with Crippen molar-refractivity contribution >= 4 is 11.6 Å². The Morgan fingerprint density at radius 3 is 2.88 bits per heavy atom. The molecule has 1 heterocycles. The molecule has 0 radical (unpaired) electrons. The van der Waals surface area contributed by atoms with Crippen LogP contribution in [0, 0.1) is 0 Å². The van der Waals surface area contributed by atoms with Gasteiger partial charge >= 0.3 is 0 Å². The summed E-state index contributed by atoms with van der Waals surface area (Å²) in [5.74, 6) is 0. The lowest BCUT2D eigenvalue weighted by Crippen LogP contribution is -2.47. The number of rotatable bonds is 3. The molecular weight excluding hydrogens is 220 g/mol. The molecule has 3 N–H and O–H groups in total. The van der Waals surface area contributed by atoms with E-state index in [2.05, 4.69) is 17.4 Å². The predicted octanol–water partition coefficient (Wildman–Crippen LogP) is 2.66. The van der Waals surface area contributed by atoms with Crippen LogP contribution in [0.5, 0.6) is 0 Å². The van der Waals surface area contributed by atoms with Crippen molar-refractivity contribution in [3.05, 3.63) is 34.9 Å². The van der Waals surface area contributed by atoms with Crippen molar-refractivity contribution in [2.24, 2.45) is 5.73 Å². The van der Waals surface area contributed by atoms with E-state index in [1.54, 1.807) is 0 Å². The summed E-state index contributed by atoms with van der Waals surface area (Å²) < 4.78 is 0. The number of benzene rings is 1. The van der Waals surface area contributed by atoms with Crippen molar-refractivity contribution in [3.8, 4) is 0 Å². The van der Waals surface area contributed by atoms with Crippen LogP contribution < -0.4 is 11.1 Å². The zero-order valence-electron chi connectivity index (χ0n) is 9.51. The van der Waals surface area contributed by atoms with Crippen LogP contribution in [0.1, 0.15) is 31.2 Å². The summed E-state index contributed by atoms with van der Waals surface area (Å²) in [5, 5.41) is 4.45. The molecule has 0 aromatic heterocycles. The number of hydrogen-bond acceptors (Lipinski definition) is 2. The third kappa shape index (κ3) is 2.40. The van der Waals surface area contributed by atoms with Crippen molar-refractivity contribution in [1.29, 1.82) is 0 Å². The molecule has 1 aliphatic rings. The first-order valence-corrected chi connectivity index (χ1v) is 6.36. The van der Waals surface area contributed by atoms with Gasteiger partial charge in [-0.05, 0) is 50.0 Å². The summed E-state index contributed by atoms with van der Waals surface area (Å²) >= 11 is 6.07. The van der Waals surface area contributed by atoms with Crippen molar-refractivity contribution in [1.82, 2.24) is 5.32 Å². The maximum Gasteiger partial charge on any atom is 0.0447 e. The van der Waals surface area contributed by atoms with Crippen molar-refractivity contribution < 1.29 is 0 Å². The van der Waals surface area contributed by atoms with Gasteiger partial charge in [-0.1, -0.05) is 30.2 Å². The second kappa shape index (κ2) is 5.17. The first-order valence-electron chi connectivity index (χ1n) is 5.98. The molecule has 1 saturated heterocycles. The van der Waals surface area contributed by atoms with Gasteiger partial charge < -0.3 is 11.1 Å². The van der Waals surface area contributed by atoms with E-state index in [0.29, 0.717) is 6.54 Å². The molecule has 1 unspecified atom stereocenters. The Bertz CT molecular complexity index is 340. The number of halogens is 1. The van der Waals surface area contributed by atoms with Crippen LogP contribution in [0.3, 0.4) is 0 Å². The van der Waals surface area contributed by atoms with Gasteiger partial charge in [0.15, 0.2) is 0 Å². The topological polar surface area (TPSA) is 38.0 Å². The van der Waals surface area contributed by atoms with E-state index in [1.807, 2.05) is 12.1 Å². The van der Waals surface area contributed by atoms with Crippen LogP contribution in [0.25, 0.3) is 0 Å². The van der Waals surface area contributed by atoms with Gasteiger partial charge in [0.05, 0.1) is 0 Å². The molecule has 88 valence electrons. The van der Waals surface area contributed by atoms with Crippen LogP contribution in [0.15, 0.2) is 24.3 Å². The highest BCUT2D eigenvalue weighted by atomic mass is 35.5. The molecule has 3 heteroatoms. The SMILES string of the molecule is NCCC1(c2cccc(Cl)c2)CCCCN1. The molecule has 1 aromatic carbocycles. The van der Waals surface area contributed by atoms with Crippen LogP contribution in [-0.2, 0) is 5.54 Å². The summed E-state index contributed by atoms with van der Waals surface area (Å²) in [6.07, 6.45) is 4.66. The maximum atomic E-state index is 6.07. The van der Waals surface area contributed by atoms with E-state index in [-0.39, 0.29) is 5.54 Å². The summed E-state index contributed by atoms with van der Waals surface area (Å²) in [6.45, 7) is 1.78. The summed E-state index contributed by atoms with van der Waals surface area (Å²) in [7, 11) is 0. The summed E-state index contributed by atoms with van der Waals surface area (Å²) in [6, 6.07) is 8.16. The molecule has 1 aromatic rings. The average molecular weight is 239 g/mol. The van der Waals surface area contributed by atoms with Gasteiger partial charge in [0, 0.05) is 10.6 Å². The highest BCUT2D eigenvalue weighted by molar-refractivity contribution is 6.30. The van der Waals surface area contributed by atoms with Gasteiger partial charge in [-0.2, -0.15) is 0 Å². The molecule has 0 bridgehead atoms. The van der Waals surface area contributed by atoms with Gasteiger partial charge in [0.25, 0.3) is 0 Å². The van der Waals surface area contributed by atoms with E-state index in [1.165, 1.54) is 18.4 Å². The molecule has 1 fully saturated rings. The normalized spacial score (nSPS) is 25.6. The van der Waals surface area contributed by atoms with Gasteiger partial charge in [-0.15, -0.1) is 0 Å². The Balaban J connectivity index is 2.30. The summed E-state index contributed by atoms with van der Waals surface area (Å²) in [4.78, 5) is 0. The monoisotopic (exact) mass is 238 g/mol. The molecular formula is C13H19ClN2. The first kappa shape index (κ1) is 11.9. The maximum absolute atomic E-state index is 6.07. The highest BCUT2D eigenvalue weighted by Gasteiger charge is 2.32.